The molecule has 0 aromatic carbocycles. The van der Waals surface area contributed by atoms with Gasteiger partial charge in [0.25, 0.3) is 5.91 Å². The minimum Gasteiger partial charge on any atom is -0.365 e. The van der Waals surface area contributed by atoms with Gasteiger partial charge in [-0.05, 0) is 24.9 Å². The van der Waals surface area contributed by atoms with Gasteiger partial charge in [-0.2, -0.15) is 0 Å². The van der Waals surface area contributed by atoms with Crippen molar-refractivity contribution in [2.45, 2.75) is 32.7 Å². The maximum Gasteiger partial charge on any atom is 0.319 e. The zero-order valence-electron chi connectivity index (χ0n) is 11.5. The number of carbonyl (C=O) groups excluding carboxylic acids is 2. The summed E-state index contributed by atoms with van der Waals surface area (Å²) in [5.41, 5.74) is 6.90. The van der Waals surface area contributed by atoms with Crippen LogP contribution < -0.4 is 21.7 Å². The number of nitrogens with two attached hydrogens (primary N) is 1. The van der Waals surface area contributed by atoms with E-state index in [4.69, 9.17) is 5.73 Å². The lowest BCUT2D eigenvalue weighted by Gasteiger charge is -2.12. The normalized spacial score (nSPS) is 13.7. The highest BCUT2D eigenvalue weighted by Gasteiger charge is 2.24. The fraction of sp³-hybridized carbons (Fsp3) is 0.538. The molecule has 1 aliphatic rings. The Bertz CT molecular complexity index is 513. The van der Waals surface area contributed by atoms with Crippen molar-refractivity contribution in [1.82, 2.24) is 10.6 Å². The van der Waals surface area contributed by atoms with E-state index in [1.165, 1.54) is 11.3 Å². The zero-order valence-corrected chi connectivity index (χ0v) is 12.4. The maximum atomic E-state index is 11.8. The Morgan fingerprint density at radius 2 is 2.25 bits per heavy atom. The fourth-order valence-corrected chi connectivity index (χ4v) is 3.43. The van der Waals surface area contributed by atoms with Crippen LogP contribution in [-0.4, -0.2) is 25.0 Å². The number of amides is 3. The summed E-state index contributed by atoms with van der Waals surface area (Å²) in [5.74, 6) is -0.478. The van der Waals surface area contributed by atoms with Gasteiger partial charge in [-0.25, -0.2) is 4.79 Å². The molecule has 20 heavy (non-hydrogen) atoms. The van der Waals surface area contributed by atoms with Gasteiger partial charge in [0, 0.05) is 18.0 Å². The predicted octanol–water partition coefficient (Wildman–Crippen LogP) is 1.41. The number of anilines is 1. The summed E-state index contributed by atoms with van der Waals surface area (Å²) in [6.45, 7) is 4.23. The molecule has 3 amide bonds. The molecular weight excluding hydrogens is 276 g/mol. The van der Waals surface area contributed by atoms with Crippen molar-refractivity contribution in [2.24, 2.45) is 5.73 Å². The Hall–Kier alpha value is -1.60. The molecule has 6 nitrogen and oxygen atoms in total. The van der Waals surface area contributed by atoms with Crippen LogP contribution in [0.5, 0.6) is 0 Å². The van der Waals surface area contributed by atoms with Crippen molar-refractivity contribution in [2.75, 3.05) is 18.4 Å². The summed E-state index contributed by atoms with van der Waals surface area (Å²) < 4.78 is 0. The van der Waals surface area contributed by atoms with Crippen LogP contribution in [-0.2, 0) is 13.0 Å². The van der Waals surface area contributed by atoms with Crippen LogP contribution in [0.2, 0.25) is 0 Å². The van der Waals surface area contributed by atoms with E-state index in [9.17, 15) is 9.59 Å². The molecule has 0 unspecified atom stereocenters. The number of unbranched alkanes of at least 4 members (excludes halogenated alkanes) is 1. The average molecular weight is 296 g/mol. The van der Waals surface area contributed by atoms with E-state index in [0.717, 1.165) is 42.8 Å². The Balaban J connectivity index is 2.12. The van der Waals surface area contributed by atoms with E-state index in [2.05, 4.69) is 22.9 Å². The Labute approximate surface area is 122 Å². The highest BCUT2D eigenvalue weighted by molar-refractivity contribution is 7.17. The average Bonchev–Trinajstić information content (AvgIpc) is 2.76. The summed E-state index contributed by atoms with van der Waals surface area (Å²) in [4.78, 5) is 24.5. The second-order valence-corrected chi connectivity index (χ2v) is 5.84. The minimum absolute atomic E-state index is 0.285. The van der Waals surface area contributed by atoms with Gasteiger partial charge in [0.15, 0.2) is 0 Å². The van der Waals surface area contributed by atoms with Gasteiger partial charge in [0.05, 0.1) is 5.56 Å². The summed E-state index contributed by atoms with van der Waals surface area (Å²) in [7, 11) is 0. The molecule has 1 aromatic rings. The lowest BCUT2D eigenvalue weighted by Crippen LogP contribution is -2.30. The van der Waals surface area contributed by atoms with Crippen LogP contribution in [0.15, 0.2) is 0 Å². The van der Waals surface area contributed by atoms with Gasteiger partial charge in [-0.1, -0.05) is 13.3 Å². The van der Waals surface area contributed by atoms with Gasteiger partial charge >= 0.3 is 6.03 Å². The minimum atomic E-state index is -0.478. The summed E-state index contributed by atoms with van der Waals surface area (Å²) in [5, 5.41) is 9.32. The van der Waals surface area contributed by atoms with E-state index in [1.807, 2.05) is 0 Å². The first-order chi connectivity index (χ1) is 9.63. The number of hydrogen-bond acceptors (Lipinski definition) is 4. The number of nitrogens with one attached hydrogen (secondary N) is 3. The standard InChI is InChI=1S/C13H20N4O2S/c1-2-3-5-16-13(19)17-12-10(11(14)18)8-4-6-15-7-9(8)20-12/h15H,2-7H2,1H3,(H2,14,18)(H2,16,17,19). The van der Waals surface area contributed by atoms with Crippen molar-refractivity contribution in [1.29, 1.82) is 0 Å². The van der Waals surface area contributed by atoms with E-state index in [0.29, 0.717) is 17.1 Å². The maximum absolute atomic E-state index is 11.8. The first-order valence-electron chi connectivity index (χ1n) is 6.83. The molecule has 0 aliphatic carbocycles. The third-order valence-corrected chi connectivity index (χ3v) is 4.36. The molecule has 110 valence electrons. The Morgan fingerprint density at radius 3 is 2.95 bits per heavy atom. The summed E-state index contributed by atoms with van der Waals surface area (Å²) in [6.07, 6.45) is 2.72. The number of primary amides is 1. The molecule has 0 saturated carbocycles. The zero-order chi connectivity index (χ0) is 14.5. The second-order valence-electron chi connectivity index (χ2n) is 4.73. The smallest absolute Gasteiger partial charge is 0.319 e. The molecule has 1 aromatic heterocycles. The number of fused-ring (bicyclic) bond motifs is 1. The van der Waals surface area contributed by atoms with Gasteiger partial charge < -0.3 is 16.4 Å². The molecule has 1 aliphatic heterocycles. The molecule has 7 heteroatoms. The van der Waals surface area contributed by atoms with Crippen molar-refractivity contribution >= 4 is 28.3 Å². The largest absolute Gasteiger partial charge is 0.365 e. The summed E-state index contributed by atoms with van der Waals surface area (Å²) >= 11 is 1.42. The molecule has 0 spiro atoms. The Morgan fingerprint density at radius 1 is 1.45 bits per heavy atom. The van der Waals surface area contributed by atoms with E-state index in [1.54, 1.807) is 0 Å². The third-order valence-electron chi connectivity index (χ3n) is 3.22. The van der Waals surface area contributed by atoms with Crippen LogP contribution in [0, 0.1) is 0 Å². The van der Waals surface area contributed by atoms with Gasteiger partial charge in [-0.15, -0.1) is 11.3 Å². The molecule has 2 rings (SSSR count). The fourth-order valence-electron chi connectivity index (χ4n) is 2.21. The summed E-state index contributed by atoms with van der Waals surface area (Å²) in [6, 6.07) is -0.285. The van der Waals surface area contributed by atoms with Crippen LogP contribution in [0.1, 0.15) is 40.6 Å². The quantitative estimate of drug-likeness (QED) is 0.619. The van der Waals surface area contributed by atoms with Crippen LogP contribution in [0.4, 0.5) is 9.80 Å². The third kappa shape index (κ3) is 3.29. The first-order valence-corrected chi connectivity index (χ1v) is 7.65. The van der Waals surface area contributed by atoms with Crippen molar-refractivity contribution in [3.63, 3.8) is 0 Å². The predicted molar refractivity (Wildman–Crippen MR) is 80.2 cm³/mol. The van der Waals surface area contributed by atoms with E-state index < -0.39 is 5.91 Å². The van der Waals surface area contributed by atoms with Crippen LogP contribution in [0.3, 0.4) is 0 Å². The molecule has 0 atom stereocenters. The number of thiophene rings is 1. The number of rotatable bonds is 5. The second kappa shape index (κ2) is 6.71. The lowest BCUT2D eigenvalue weighted by atomic mass is 10.0. The molecule has 0 fully saturated rings. The highest BCUT2D eigenvalue weighted by atomic mass is 32.1. The van der Waals surface area contributed by atoms with E-state index >= 15 is 0 Å². The molecule has 5 N–H and O–H groups in total. The van der Waals surface area contributed by atoms with E-state index in [-0.39, 0.29) is 6.03 Å². The highest BCUT2D eigenvalue weighted by Crippen LogP contribution is 2.34. The van der Waals surface area contributed by atoms with Gasteiger partial charge in [-0.3, -0.25) is 10.1 Å². The number of urea groups is 1. The molecule has 0 saturated heterocycles. The Kier molecular flexibility index (Phi) is 4.97. The van der Waals surface area contributed by atoms with Crippen molar-refractivity contribution in [3.8, 4) is 0 Å². The monoisotopic (exact) mass is 296 g/mol. The van der Waals surface area contributed by atoms with Gasteiger partial charge in [0.2, 0.25) is 0 Å². The topological polar surface area (TPSA) is 96.2 Å². The molecule has 0 radical (unpaired) electrons. The van der Waals surface area contributed by atoms with Crippen molar-refractivity contribution in [3.05, 3.63) is 16.0 Å². The number of hydrogen-bond donors (Lipinski definition) is 4. The molecule has 0 bridgehead atoms. The SMILES string of the molecule is CCCCNC(=O)Nc1sc2c(c1C(N)=O)CCNC2. The lowest BCUT2D eigenvalue weighted by molar-refractivity contribution is 0.100. The van der Waals surface area contributed by atoms with Gasteiger partial charge in [0.1, 0.15) is 5.00 Å². The van der Waals surface area contributed by atoms with Crippen molar-refractivity contribution < 1.29 is 9.59 Å². The van der Waals surface area contributed by atoms with Crippen LogP contribution in [0.25, 0.3) is 0 Å². The number of carbonyl (C=O) groups is 2. The molecule has 2 heterocycles. The van der Waals surface area contributed by atoms with Crippen LogP contribution >= 0.6 is 11.3 Å². The molecular formula is C13H20N4O2S. The first kappa shape index (κ1) is 14.8.